The molecule has 0 atom stereocenters. The lowest BCUT2D eigenvalue weighted by Gasteiger charge is -2.25. The van der Waals surface area contributed by atoms with Gasteiger partial charge in [-0.05, 0) is 18.2 Å². The molecule has 0 spiro atoms. The summed E-state index contributed by atoms with van der Waals surface area (Å²) in [4.78, 5) is 12.6. The van der Waals surface area contributed by atoms with Crippen LogP contribution < -0.4 is 10.6 Å². The number of ether oxygens (including phenoxy) is 1. The molecule has 0 saturated carbocycles. The normalized spacial score (nSPS) is 10.6. The summed E-state index contributed by atoms with van der Waals surface area (Å²) in [5, 5.41) is 8.91. The van der Waals surface area contributed by atoms with Crippen molar-refractivity contribution in [1.29, 1.82) is 0 Å². The molecule has 0 aliphatic carbocycles. The van der Waals surface area contributed by atoms with E-state index >= 15 is 0 Å². The first-order valence-electron chi connectivity index (χ1n) is 5.61. The molecule has 7 heteroatoms. The van der Waals surface area contributed by atoms with Crippen molar-refractivity contribution in [2.45, 2.75) is 6.43 Å². The molecule has 106 valence electrons. The number of esters is 1. The van der Waals surface area contributed by atoms with Gasteiger partial charge in [0.2, 0.25) is 0 Å². The Morgan fingerprint density at radius 1 is 1.53 bits per heavy atom. The molecule has 0 unspecified atom stereocenters. The Bertz CT molecular complexity index is 441. The summed E-state index contributed by atoms with van der Waals surface area (Å²) in [5.41, 5.74) is 6.46. The predicted molar refractivity (Wildman–Crippen MR) is 67.5 cm³/mol. The molecule has 0 heterocycles. The van der Waals surface area contributed by atoms with Crippen molar-refractivity contribution < 1.29 is 23.4 Å². The van der Waals surface area contributed by atoms with Gasteiger partial charge in [0.15, 0.2) is 0 Å². The third-order valence-electron chi connectivity index (χ3n) is 2.52. The summed E-state index contributed by atoms with van der Waals surface area (Å²) >= 11 is 0. The second kappa shape index (κ2) is 6.89. The highest BCUT2D eigenvalue weighted by Gasteiger charge is 2.17. The van der Waals surface area contributed by atoms with Gasteiger partial charge in [-0.3, -0.25) is 0 Å². The minimum atomic E-state index is -2.58. The predicted octanol–water partition coefficient (Wildman–Crippen LogP) is 1.12. The van der Waals surface area contributed by atoms with Crippen LogP contribution in [-0.4, -0.2) is 44.3 Å². The summed E-state index contributed by atoms with van der Waals surface area (Å²) < 4.78 is 29.5. The van der Waals surface area contributed by atoms with Gasteiger partial charge in [0.1, 0.15) is 0 Å². The monoisotopic (exact) mass is 274 g/mol. The van der Waals surface area contributed by atoms with Crippen molar-refractivity contribution in [3.8, 4) is 0 Å². The zero-order valence-corrected chi connectivity index (χ0v) is 10.5. The van der Waals surface area contributed by atoms with Gasteiger partial charge >= 0.3 is 5.97 Å². The van der Waals surface area contributed by atoms with E-state index in [0.717, 1.165) is 0 Å². The van der Waals surface area contributed by atoms with Crippen LogP contribution in [0.15, 0.2) is 18.2 Å². The number of aliphatic hydroxyl groups is 1. The lowest BCUT2D eigenvalue weighted by Crippen LogP contribution is -2.32. The number of hydrogen-bond donors (Lipinski definition) is 2. The van der Waals surface area contributed by atoms with Gasteiger partial charge < -0.3 is 20.5 Å². The number of nitrogens with two attached hydrogens (primary N) is 1. The first-order valence-corrected chi connectivity index (χ1v) is 5.61. The summed E-state index contributed by atoms with van der Waals surface area (Å²) in [6.45, 7) is -0.872. The quantitative estimate of drug-likeness (QED) is 0.600. The van der Waals surface area contributed by atoms with Crippen molar-refractivity contribution in [1.82, 2.24) is 0 Å². The highest BCUT2D eigenvalue weighted by molar-refractivity contribution is 5.92. The second-order valence-corrected chi connectivity index (χ2v) is 3.83. The maximum Gasteiger partial charge on any atom is 0.337 e. The van der Waals surface area contributed by atoms with Crippen LogP contribution in [-0.2, 0) is 4.74 Å². The highest BCUT2D eigenvalue weighted by Crippen LogP contribution is 2.25. The van der Waals surface area contributed by atoms with E-state index in [1.54, 1.807) is 0 Å². The zero-order chi connectivity index (χ0) is 14.4. The van der Waals surface area contributed by atoms with Gasteiger partial charge in [0.05, 0.1) is 37.2 Å². The van der Waals surface area contributed by atoms with E-state index in [-0.39, 0.29) is 30.1 Å². The number of nitrogens with zero attached hydrogens (tertiary/aromatic N) is 1. The van der Waals surface area contributed by atoms with Crippen LogP contribution in [0.5, 0.6) is 0 Å². The molecule has 1 rings (SSSR count). The molecule has 0 fully saturated rings. The third kappa shape index (κ3) is 4.06. The highest BCUT2D eigenvalue weighted by atomic mass is 19.3. The molecule has 19 heavy (non-hydrogen) atoms. The average molecular weight is 274 g/mol. The Balaban J connectivity index is 3.09. The second-order valence-electron chi connectivity index (χ2n) is 3.83. The fourth-order valence-corrected chi connectivity index (χ4v) is 1.66. The number of carbonyl (C=O) groups excluding carboxylic acids is 1. The molecule has 0 aliphatic heterocycles. The largest absolute Gasteiger partial charge is 0.465 e. The summed E-state index contributed by atoms with van der Waals surface area (Å²) in [6, 6.07) is 4.26. The van der Waals surface area contributed by atoms with E-state index in [2.05, 4.69) is 4.74 Å². The van der Waals surface area contributed by atoms with Crippen molar-refractivity contribution in [2.75, 3.05) is 37.4 Å². The fraction of sp³-hybridized carbons (Fsp3) is 0.417. The van der Waals surface area contributed by atoms with Gasteiger partial charge in [-0.2, -0.15) is 0 Å². The lowest BCUT2D eigenvalue weighted by molar-refractivity contribution is 0.0601. The molecule has 0 amide bonds. The van der Waals surface area contributed by atoms with E-state index in [1.807, 2.05) is 0 Å². The van der Waals surface area contributed by atoms with Crippen molar-refractivity contribution in [3.05, 3.63) is 23.8 Å². The number of carbonyl (C=O) groups is 1. The average Bonchev–Trinajstić information content (AvgIpc) is 2.37. The number of hydrogen-bond acceptors (Lipinski definition) is 5. The van der Waals surface area contributed by atoms with Gasteiger partial charge in [-0.15, -0.1) is 0 Å². The van der Waals surface area contributed by atoms with E-state index < -0.39 is 18.9 Å². The van der Waals surface area contributed by atoms with E-state index in [4.69, 9.17) is 10.8 Å². The van der Waals surface area contributed by atoms with Crippen molar-refractivity contribution >= 4 is 17.3 Å². The molecule has 3 N–H and O–H groups in total. The van der Waals surface area contributed by atoms with E-state index in [1.165, 1.54) is 30.2 Å². The minimum Gasteiger partial charge on any atom is -0.465 e. The zero-order valence-electron chi connectivity index (χ0n) is 10.5. The number of methoxy groups -OCH3 is 1. The Morgan fingerprint density at radius 3 is 2.74 bits per heavy atom. The molecular weight excluding hydrogens is 258 g/mol. The molecular formula is C12H16F2N2O3. The van der Waals surface area contributed by atoms with Crippen LogP contribution in [0.3, 0.4) is 0 Å². The Hall–Kier alpha value is -1.89. The molecule has 0 bridgehead atoms. The topological polar surface area (TPSA) is 75.8 Å². The first-order chi connectivity index (χ1) is 8.99. The Kier molecular flexibility index (Phi) is 5.50. The number of anilines is 2. The maximum atomic E-state index is 12.5. The molecule has 5 nitrogen and oxygen atoms in total. The lowest BCUT2D eigenvalue weighted by atomic mass is 10.1. The third-order valence-corrected chi connectivity index (χ3v) is 2.52. The van der Waals surface area contributed by atoms with Crippen LogP contribution in [0.2, 0.25) is 0 Å². The molecule has 0 radical (unpaired) electrons. The summed E-state index contributed by atoms with van der Waals surface area (Å²) in [6.07, 6.45) is -2.58. The van der Waals surface area contributed by atoms with Crippen LogP contribution >= 0.6 is 0 Å². The van der Waals surface area contributed by atoms with E-state index in [0.29, 0.717) is 0 Å². The molecule has 1 aromatic carbocycles. The molecule has 1 aromatic rings. The number of halogens is 2. The first kappa shape index (κ1) is 15.2. The number of aliphatic hydroxyl groups excluding tert-OH is 1. The standard InChI is InChI=1S/C12H16F2N2O3/c1-19-12(18)8-2-3-9(15)10(6-8)16(4-5-17)7-11(13)14/h2-3,6,11,17H,4-5,7,15H2,1H3. The van der Waals surface area contributed by atoms with Crippen LogP contribution in [0.25, 0.3) is 0 Å². The van der Waals surface area contributed by atoms with Crippen LogP contribution in [0, 0.1) is 0 Å². The van der Waals surface area contributed by atoms with Crippen molar-refractivity contribution in [3.63, 3.8) is 0 Å². The molecule has 0 aliphatic rings. The van der Waals surface area contributed by atoms with Gasteiger partial charge in [-0.1, -0.05) is 0 Å². The number of nitrogen functional groups attached to an aromatic ring is 1. The Labute approximate surface area is 109 Å². The number of benzene rings is 1. The number of rotatable bonds is 6. The van der Waals surface area contributed by atoms with Crippen LogP contribution in [0.4, 0.5) is 20.2 Å². The maximum absolute atomic E-state index is 12.5. The van der Waals surface area contributed by atoms with E-state index in [9.17, 15) is 13.6 Å². The Morgan fingerprint density at radius 2 is 2.21 bits per heavy atom. The number of alkyl halides is 2. The smallest absolute Gasteiger partial charge is 0.337 e. The SMILES string of the molecule is COC(=O)c1ccc(N)c(N(CCO)CC(F)F)c1. The fourth-order valence-electron chi connectivity index (χ4n) is 1.66. The summed E-state index contributed by atoms with van der Waals surface area (Å²) in [7, 11) is 1.23. The minimum absolute atomic E-state index is 0.000827. The van der Waals surface area contributed by atoms with Gasteiger partial charge in [0.25, 0.3) is 6.43 Å². The van der Waals surface area contributed by atoms with Crippen LogP contribution in [0.1, 0.15) is 10.4 Å². The van der Waals surface area contributed by atoms with Gasteiger partial charge in [0, 0.05) is 6.54 Å². The summed E-state index contributed by atoms with van der Waals surface area (Å²) in [5.74, 6) is -0.581. The molecule has 0 saturated heterocycles. The van der Waals surface area contributed by atoms with Gasteiger partial charge in [-0.25, -0.2) is 13.6 Å². The molecule has 0 aromatic heterocycles. The van der Waals surface area contributed by atoms with Crippen molar-refractivity contribution in [2.24, 2.45) is 0 Å².